The Balaban J connectivity index is 2.76. The lowest BCUT2D eigenvalue weighted by Gasteiger charge is -2.47. The minimum Gasteiger partial charge on any atom is -0.349 e. The molecular weight excluding hydrogens is 320 g/mol. The van der Waals surface area contributed by atoms with Crippen LogP contribution < -0.4 is 0 Å². The Morgan fingerprint density at radius 2 is 0.808 bits per heavy atom. The molecule has 0 amide bonds. The Morgan fingerprint density at radius 1 is 0.500 bits per heavy atom. The van der Waals surface area contributed by atoms with Gasteiger partial charge in [0.1, 0.15) is 5.82 Å². The molecule has 0 bridgehead atoms. The second kappa shape index (κ2) is 6.10. The largest absolute Gasteiger partial charge is 0.349 e. The molecule has 0 N–H and O–H groups in total. The molecule has 0 saturated carbocycles. The molecule has 0 aromatic heterocycles. The maximum Gasteiger partial charge on any atom is 0.155 e. The van der Waals surface area contributed by atoms with Gasteiger partial charge in [-0.25, -0.2) is 0 Å². The van der Waals surface area contributed by atoms with Gasteiger partial charge in [-0.05, 0) is 83.1 Å². The second-order valence-electron chi connectivity index (χ2n) is 11.7. The first-order chi connectivity index (χ1) is 11.5. The van der Waals surface area contributed by atoms with Gasteiger partial charge in [0.15, 0.2) is 5.82 Å². The minimum atomic E-state index is 0.0224. The Hall–Kier alpha value is -1.32. The third kappa shape index (κ3) is 3.84. The summed E-state index contributed by atoms with van der Waals surface area (Å²) in [5.41, 5.74) is 0.207. The molecule has 26 heavy (non-hydrogen) atoms. The van der Waals surface area contributed by atoms with Crippen LogP contribution in [0.5, 0.6) is 0 Å². The zero-order valence-electron chi connectivity index (χ0n) is 19.4. The van der Waals surface area contributed by atoms with E-state index in [1.807, 2.05) is 0 Å². The molecule has 2 aliphatic rings. The van der Waals surface area contributed by atoms with Crippen LogP contribution in [0.3, 0.4) is 0 Å². The average molecular weight is 363 g/mol. The van der Waals surface area contributed by atoms with Crippen LogP contribution in [0, 0.1) is 0 Å². The smallest absolute Gasteiger partial charge is 0.155 e. The van der Waals surface area contributed by atoms with Gasteiger partial charge in [-0.1, -0.05) is 0 Å². The van der Waals surface area contributed by atoms with Crippen LogP contribution in [0.2, 0.25) is 0 Å². The van der Waals surface area contributed by atoms with Crippen molar-refractivity contribution >= 4 is 0 Å². The van der Waals surface area contributed by atoms with E-state index in [1.54, 1.807) is 0 Å². The fourth-order valence-corrected chi connectivity index (χ4v) is 3.79. The molecule has 2 heterocycles. The van der Waals surface area contributed by atoms with E-state index in [4.69, 9.17) is 0 Å². The quantitative estimate of drug-likeness (QED) is 0.600. The molecule has 0 atom stereocenters. The van der Waals surface area contributed by atoms with E-state index in [1.165, 1.54) is 11.6 Å². The maximum atomic E-state index is 2.60. The predicted molar refractivity (Wildman–Crippen MR) is 112 cm³/mol. The number of hydrogen-bond donors (Lipinski definition) is 0. The van der Waals surface area contributed by atoms with Crippen molar-refractivity contribution in [1.29, 1.82) is 0 Å². The van der Waals surface area contributed by atoms with E-state index in [0.717, 1.165) is 13.1 Å². The van der Waals surface area contributed by atoms with Gasteiger partial charge in [0, 0.05) is 47.6 Å². The van der Waals surface area contributed by atoms with Crippen LogP contribution in [0.15, 0.2) is 24.0 Å². The molecule has 0 aromatic rings. The van der Waals surface area contributed by atoms with Crippen molar-refractivity contribution in [2.75, 3.05) is 13.1 Å². The molecular formula is C22H42N4. The molecule has 4 nitrogen and oxygen atoms in total. The summed E-state index contributed by atoms with van der Waals surface area (Å²) in [6, 6.07) is 0. The molecule has 2 rings (SSSR count). The normalized spacial score (nSPS) is 20.2. The molecule has 1 saturated heterocycles. The van der Waals surface area contributed by atoms with Gasteiger partial charge in [-0.3, -0.25) is 0 Å². The summed E-state index contributed by atoms with van der Waals surface area (Å²) in [7, 11) is 0. The molecule has 1 fully saturated rings. The summed E-state index contributed by atoms with van der Waals surface area (Å²) in [6.07, 6.45) is 4.52. The van der Waals surface area contributed by atoms with E-state index in [2.05, 4.69) is 115 Å². The van der Waals surface area contributed by atoms with E-state index in [-0.39, 0.29) is 22.2 Å². The molecule has 0 aromatic carbocycles. The van der Waals surface area contributed by atoms with Crippen LogP contribution in [-0.2, 0) is 0 Å². The molecule has 2 aliphatic heterocycles. The summed E-state index contributed by atoms with van der Waals surface area (Å²) in [6.45, 7) is 29.8. The monoisotopic (exact) mass is 362 g/mol. The molecule has 0 unspecified atom stereocenters. The number of rotatable bonds is 0. The van der Waals surface area contributed by atoms with Crippen LogP contribution in [0.1, 0.15) is 83.1 Å². The van der Waals surface area contributed by atoms with Crippen molar-refractivity contribution in [2.24, 2.45) is 0 Å². The average Bonchev–Trinajstić information content (AvgIpc) is 2.99. The summed E-state index contributed by atoms with van der Waals surface area (Å²) >= 11 is 0. The van der Waals surface area contributed by atoms with Gasteiger partial charge < -0.3 is 19.6 Å². The van der Waals surface area contributed by atoms with E-state index in [0.29, 0.717) is 0 Å². The first-order valence-corrected chi connectivity index (χ1v) is 10.0. The zero-order chi connectivity index (χ0) is 20.3. The third-order valence-electron chi connectivity index (χ3n) is 5.14. The highest BCUT2D eigenvalue weighted by Gasteiger charge is 2.45. The van der Waals surface area contributed by atoms with Crippen LogP contribution in [-0.4, -0.2) is 54.8 Å². The topological polar surface area (TPSA) is 13.0 Å². The van der Waals surface area contributed by atoms with Crippen molar-refractivity contribution in [1.82, 2.24) is 19.6 Å². The summed E-state index contributed by atoms with van der Waals surface area (Å²) in [5.74, 6) is 2.67. The standard InChI is InChI=1S/C22H42N4/c1-19(2,3)23-13-14-24(20(4,5)6)17(23)18-25(21(7,8)9)15-16-26(18)22(10,11)12/h13-14H,15-16H2,1-12H3. The van der Waals surface area contributed by atoms with Crippen LogP contribution in [0.4, 0.5) is 0 Å². The lowest BCUT2D eigenvalue weighted by molar-refractivity contribution is 0.109. The Bertz CT molecular complexity index is 538. The molecule has 4 heteroatoms. The summed E-state index contributed by atoms with van der Waals surface area (Å²) in [5, 5.41) is 0. The van der Waals surface area contributed by atoms with Gasteiger partial charge in [0.25, 0.3) is 0 Å². The minimum absolute atomic E-state index is 0.0224. The highest BCUT2D eigenvalue weighted by molar-refractivity contribution is 5.28. The molecule has 0 radical (unpaired) electrons. The van der Waals surface area contributed by atoms with E-state index >= 15 is 0 Å². The van der Waals surface area contributed by atoms with E-state index < -0.39 is 0 Å². The van der Waals surface area contributed by atoms with Gasteiger partial charge in [0.05, 0.1) is 0 Å². The fraction of sp³-hybridized carbons (Fsp3) is 0.818. The van der Waals surface area contributed by atoms with Crippen molar-refractivity contribution in [2.45, 2.75) is 105 Å². The van der Waals surface area contributed by atoms with Gasteiger partial charge >= 0.3 is 0 Å². The van der Waals surface area contributed by atoms with Crippen LogP contribution >= 0.6 is 0 Å². The summed E-state index contributed by atoms with van der Waals surface area (Å²) in [4.78, 5) is 10.1. The van der Waals surface area contributed by atoms with Gasteiger partial charge in [0.2, 0.25) is 0 Å². The maximum absolute atomic E-state index is 2.60. The third-order valence-corrected chi connectivity index (χ3v) is 5.14. The zero-order valence-corrected chi connectivity index (χ0v) is 19.4. The lowest BCUT2D eigenvalue weighted by Crippen LogP contribution is -2.50. The number of nitrogens with zero attached hydrogens (tertiary/aromatic N) is 4. The predicted octanol–water partition coefficient (Wildman–Crippen LogP) is 5.01. The SMILES string of the molecule is CC(C)(C)N1C=CN(C(C)(C)C)C1=C1N(C(C)(C)C)CCN1C(C)(C)C. The number of hydrogen-bond acceptors (Lipinski definition) is 4. The van der Waals surface area contributed by atoms with Crippen molar-refractivity contribution in [3.05, 3.63) is 24.0 Å². The first-order valence-electron chi connectivity index (χ1n) is 10.0. The molecule has 0 spiro atoms. The summed E-state index contributed by atoms with van der Waals surface area (Å²) < 4.78 is 0. The van der Waals surface area contributed by atoms with E-state index in [9.17, 15) is 0 Å². The Kier molecular flexibility index (Phi) is 4.92. The molecule has 150 valence electrons. The van der Waals surface area contributed by atoms with Crippen molar-refractivity contribution in [3.63, 3.8) is 0 Å². The van der Waals surface area contributed by atoms with Gasteiger partial charge in [-0.2, -0.15) is 0 Å². The van der Waals surface area contributed by atoms with Crippen LogP contribution in [0.25, 0.3) is 0 Å². The molecule has 0 aliphatic carbocycles. The second-order valence-corrected chi connectivity index (χ2v) is 11.7. The van der Waals surface area contributed by atoms with Crippen molar-refractivity contribution < 1.29 is 0 Å². The Labute approximate surface area is 162 Å². The first kappa shape index (κ1) is 21.0. The lowest BCUT2D eigenvalue weighted by atomic mass is 10.0. The Morgan fingerprint density at radius 3 is 1.04 bits per heavy atom. The highest BCUT2D eigenvalue weighted by atomic mass is 15.5. The van der Waals surface area contributed by atoms with Crippen molar-refractivity contribution in [3.8, 4) is 0 Å². The highest BCUT2D eigenvalue weighted by Crippen LogP contribution is 2.42. The van der Waals surface area contributed by atoms with Gasteiger partial charge in [-0.15, -0.1) is 0 Å². The fourth-order valence-electron chi connectivity index (χ4n) is 3.79.